The molecule has 23 heavy (non-hydrogen) atoms. The topological polar surface area (TPSA) is 36.9 Å². The highest BCUT2D eigenvalue weighted by Gasteiger charge is 2.09. The van der Waals surface area contributed by atoms with E-state index in [-0.39, 0.29) is 5.60 Å². The van der Waals surface area contributed by atoms with Crippen molar-refractivity contribution in [3.8, 4) is 0 Å². The van der Waals surface area contributed by atoms with Gasteiger partial charge < -0.3 is 18.9 Å². The quantitative estimate of drug-likeness (QED) is 0.440. The summed E-state index contributed by atoms with van der Waals surface area (Å²) in [4.78, 5) is 0. The van der Waals surface area contributed by atoms with Crippen molar-refractivity contribution in [3.63, 3.8) is 0 Å². The largest absolute Gasteiger partial charge is 0.381 e. The Kier molecular flexibility index (Phi) is 13.1. The molecule has 0 aliphatic rings. The zero-order valence-electron chi connectivity index (χ0n) is 16.4. The Labute approximate surface area is 144 Å². The third-order valence-corrected chi connectivity index (χ3v) is 3.12. The molecule has 0 aliphatic heterocycles. The monoisotopic (exact) mass is 332 g/mol. The maximum absolute atomic E-state index is 5.63. The Morgan fingerprint density at radius 2 is 0.913 bits per heavy atom. The van der Waals surface area contributed by atoms with Crippen LogP contribution in [0, 0.1) is 5.41 Å². The number of hydrogen-bond donors (Lipinski definition) is 0. The number of ether oxygens (including phenoxy) is 4. The summed E-state index contributed by atoms with van der Waals surface area (Å²) >= 11 is 0. The van der Waals surface area contributed by atoms with Gasteiger partial charge in [-0.15, -0.1) is 0 Å². The van der Waals surface area contributed by atoms with E-state index in [1.165, 1.54) is 0 Å². The van der Waals surface area contributed by atoms with E-state index in [1.54, 1.807) is 0 Å². The number of hydrogen-bond acceptors (Lipinski definition) is 4. The molecule has 0 aromatic rings. The summed E-state index contributed by atoms with van der Waals surface area (Å²) in [6, 6.07) is 0. The lowest BCUT2D eigenvalue weighted by Gasteiger charge is -2.19. The van der Waals surface area contributed by atoms with Gasteiger partial charge in [-0.05, 0) is 51.9 Å². The molecule has 0 atom stereocenters. The first kappa shape index (κ1) is 22.8. The highest BCUT2D eigenvalue weighted by molar-refractivity contribution is 4.60. The van der Waals surface area contributed by atoms with Crippen LogP contribution < -0.4 is 0 Å². The normalized spacial score (nSPS) is 12.8. The molecule has 4 heteroatoms. The summed E-state index contributed by atoms with van der Waals surface area (Å²) in [5, 5.41) is 0. The molecule has 0 fully saturated rings. The molecular formula is C19H40O4. The Bertz CT molecular complexity index is 227. The fraction of sp³-hybridized carbons (Fsp3) is 1.00. The second kappa shape index (κ2) is 13.2. The van der Waals surface area contributed by atoms with Gasteiger partial charge in [-0.25, -0.2) is 0 Å². The first-order chi connectivity index (χ1) is 10.7. The Hall–Kier alpha value is -0.160. The van der Waals surface area contributed by atoms with Crippen molar-refractivity contribution < 1.29 is 18.9 Å². The predicted octanol–water partition coefficient (Wildman–Crippen LogP) is 4.46. The summed E-state index contributed by atoms with van der Waals surface area (Å²) in [7, 11) is 0. The second-order valence-corrected chi connectivity index (χ2v) is 8.17. The van der Waals surface area contributed by atoms with Crippen LogP contribution in [-0.2, 0) is 18.9 Å². The Balaban J connectivity index is 3.08. The maximum atomic E-state index is 5.63. The third-order valence-electron chi connectivity index (χ3n) is 3.12. The average molecular weight is 333 g/mol. The summed E-state index contributed by atoms with van der Waals surface area (Å²) < 4.78 is 22.4. The molecule has 0 aromatic heterocycles. The standard InChI is InChI=1S/C19H40O4/c1-18(2,3)10-17-22-14-8-13-20-11-7-12-21-15-9-16-23-19(4,5)6/h7-17H2,1-6H3. The molecule has 0 N–H and O–H groups in total. The van der Waals surface area contributed by atoms with Crippen LogP contribution in [0.3, 0.4) is 0 Å². The average Bonchev–Trinajstić information content (AvgIpc) is 2.40. The Morgan fingerprint density at radius 3 is 1.30 bits per heavy atom. The molecule has 0 saturated heterocycles. The van der Waals surface area contributed by atoms with E-state index in [1.807, 2.05) is 0 Å². The first-order valence-corrected chi connectivity index (χ1v) is 9.08. The van der Waals surface area contributed by atoms with E-state index in [4.69, 9.17) is 18.9 Å². The van der Waals surface area contributed by atoms with E-state index in [2.05, 4.69) is 41.5 Å². The number of rotatable bonds is 14. The first-order valence-electron chi connectivity index (χ1n) is 9.08. The van der Waals surface area contributed by atoms with Crippen LogP contribution in [-0.4, -0.2) is 51.8 Å². The second-order valence-electron chi connectivity index (χ2n) is 8.17. The van der Waals surface area contributed by atoms with Crippen LogP contribution in [0.2, 0.25) is 0 Å². The van der Waals surface area contributed by atoms with Crippen molar-refractivity contribution in [3.05, 3.63) is 0 Å². The van der Waals surface area contributed by atoms with Crippen molar-refractivity contribution in [1.29, 1.82) is 0 Å². The van der Waals surface area contributed by atoms with Crippen molar-refractivity contribution >= 4 is 0 Å². The van der Waals surface area contributed by atoms with Crippen LogP contribution in [0.1, 0.15) is 67.2 Å². The van der Waals surface area contributed by atoms with E-state index in [9.17, 15) is 0 Å². The van der Waals surface area contributed by atoms with Crippen LogP contribution in [0.25, 0.3) is 0 Å². The van der Waals surface area contributed by atoms with Gasteiger partial charge in [-0.3, -0.25) is 0 Å². The SMILES string of the molecule is CC(C)(C)CCOCCCOCCCOCCCOC(C)(C)C. The third kappa shape index (κ3) is 21.8. The smallest absolute Gasteiger partial charge is 0.0598 e. The van der Waals surface area contributed by atoms with Crippen molar-refractivity contribution in [2.45, 2.75) is 72.8 Å². The van der Waals surface area contributed by atoms with Gasteiger partial charge in [-0.1, -0.05) is 20.8 Å². The van der Waals surface area contributed by atoms with E-state index >= 15 is 0 Å². The minimum Gasteiger partial charge on any atom is -0.381 e. The molecule has 0 aromatic carbocycles. The molecular weight excluding hydrogens is 292 g/mol. The summed E-state index contributed by atoms with van der Waals surface area (Å²) in [5.74, 6) is 0. The van der Waals surface area contributed by atoms with Gasteiger partial charge in [0.15, 0.2) is 0 Å². The molecule has 0 amide bonds. The molecule has 0 unspecified atom stereocenters. The lowest BCUT2D eigenvalue weighted by molar-refractivity contribution is -0.0150. The fourth-order valence-electron chi connectivity index (χ4n) is 1.75. The van der Waals surface area contributed by atoms with Crippen LogP contribution in [0.5, 0.6) is 0 Å². The molecule has 4 nitrogen and oxygen atoms in total. The molecule has 140 valence electrons. The summed E-state index contributed by atoms with van der Waals surface area (Å²) in [6.45, 7) is 18.4. The fourth-order valence-corrected chi connectivity index (χ4v) is 1.75. The maximum Gasteiger partial charge on any atom is 0.0598 e. The molecule has 0 rings (SSSR count). The van der Waals surface area contributed by atoms with Gasteiger partial charge in [-0.2, -0.15) is 0 Å². The lowest BCUT2D eigenvalue weighted by Crippen LogP contribution is -2.20. The van der Waals surface area contributed by atoms with Crippen LogP contribution in [0.4, 0.5) is 0 Å². The van der Waals surface area contributed by atoms with Gasteiger partial charge in [0.05, 0.1) is 5.60 Å². The van der Waals surface area contributed by atoms with Crippen molar-refractivity contribution in [1.82, 2.24) is 0 Å². The molecule has 0 spiro atoms. The van der Waals surface area contributed by atoms with Crippen molar-refractivity contribution in [2.24, 2.45) is 5.41 Å². The van der Waals surface area contributed by atoms with E-state index in [0.29, 0.717) is 5.41 Å². The van der Waals surface area contributed by atoms with Gasteiger partial charge in [0, 0.05) is 46.2 Å². The zero-order valence-corrected chi connectivity index (χ0v) is 16.4. The van der Waals surface area contributed by atoms with Gasteiger partial charge >= 0.3 is 0 Å². The highest BCUT2D eigenvalue weighted by Crippen LogP contribution is 2.17. The zero-order chi connectivity index (χ0) is 17.6. The molecule has 0 saturated carbocycles. The minimum absolute atomic E-state index is 0.0513. The summed E-state index contributed by atoms with van der Waals surface area (Å²) in [6.07, 6.45) is 3.97. The molecule has 0 bridgehead atoms. The molecule has 0 heterocycles. The highest BCUT2D eigenvalue weighted by atomic mass is 16.5. The van der Waals surface area contributed by atoms with Gasteiger partial charge in [0.25, 0.3) is 0 Å². The van der Waals surface area contributed by atoms with Gasteiger partial charge in [0.1, 0.15) is 0 Å². The lowest BCUT2D eigenvalue weighted by atomic mass is 9.93. The summed E-state index contributed by atoms with van der Waals surface area (Å²) in [5.41, 5.74) is 0.305. The van der Waals surface area contributed by atoms with E-state index < -0.39 is 0 Å². The molecule has 0 radical (unpaired) electrons. The Morgan fingerprint density at radius 1 is 0.522 bits per heavy atom. The predicted molar refractivity (Wildman–Crippen MR) is 96.1 cm³/mol. The van der Waals surface area contributed by atoms with Crippen LogP contribution >= 0.6 is 0 Å². The minimum atomic E-state index is -0.0513. The van der Waals surface area contributed by atoms with Crippen molar-refractivity contribution in [2.75, 3.05) is 46.2 Å². The molecule has 0 aliphatic carbocycles. The van der Waals surface area contributed by atoms with E-state index in [0.717, 1.165) is 71.9 Å². The van der Waals surface area contributed by atoms with Gasteiger partial charge in [0.2, 0.25) is 0 Å². The van der Waals surface area contributed by atoms with Crippen LogP contribution in [0.15, 0.2) is 0 Å².